The van der Waals surface area contributed by atoms with Crippen LogP contribution >= 0.6 is 0 Å². The van der Waals surface area contributed by atoms with Crippen LogP contribution in [0.1, 0.15) is 20.3 Å². The van der Waals surface area contributed by atoms with Gasteiger partial charge in [0.2, 0.25) is 0 Å². The second-order valence-electron chi connectivity index (χ2n) is 3.64. The average Bonchev–Trinajstić information content (AvgIpc) is 2.19. The van der Waals surface area contributed by atoms with Gasteiger partial charge in [-0.3, -0.25) is 10.2 Å². The molecule has 0 aromatic carbocycles. The standard InChI is InChI=1S/C10H20N2O3/c1-3-15-10(13)8-9(2)11-12-4-6-14-7-5-12/h9,11H,3-8H2,1-2H3. The third kappa shape index (κ3) is 5.11. The highest BCUT2D eigenvalue weighted by atomic mass is 16.5. The van der Waals surface area contributed by atoms with Crippen LogP contribution in [0.25, 0.3) is 0 Å². The molecule has 88 valence electrons. The summed E-state index contributed by atoms with van der Waals surface area (Å²) >= 11 is 0. The van der Waals surface area contributed by atoms with Gasteiger partial charge in [-0.25, -0.2) is 5.01 Å². The molecular formula is C10H20N2O3. The molecule has 15 heavy (non-hydrogen) atoms. The predicted octanol–water partition coefficient (Wildman–Crippen LogP) is 0.165. The third-order valence-electron chi connectivity index (χ3n) is 2.19. The quantitative estimate of drug-likeness (QED) is 0.664. The summed E-state index contributed by atoms with van der Waals surface area (Å²) < 4.78 is 10.1. The fourth-order valence-corrected chi connectivity index (χ4v) is 1.52. The van der Waals surface area contributed by atoms with Crippen LogP contribution < -0.4 is 5.43 Å². The fourth-order valence-electron chi connectivity index (χ4n) is 1.52. The molecule has 0 radical (unpaired) electrons. The lowest BCUT2D eigenvalue weighted by atomic mass is 10.2. The number of rotatable bonds is 5. The van der Waals surface area contributed by atoms with E-state index in [4.69, 9.17) is 9.47 Å². The Morgan fingerprint density at radius 3 is 2.80 bits per heavy atom. The number of carbonyl (C=O) groups excluding carboxylic acids is 1. The molecule has 1 aliphatic rings. The van der Waals surface area contributed by atoms with E-state index in [0.29, 0.717) is 13.0 Å². The fraction of sp³-hybridized carbons (Fsp3) is 0.900. The zero-order valence-electron chi connectivity index (χ0n) is 9.49. The SMILES string of the molecule is CCOC(=O)CC(C)NN1CCOCC1. The molecule has 0 bridgehead atoms. The molecule has 1 atom stereocenters. The Balaban J connectivity index is 2.16. The van der Waals surface area contributed by atoms with E-state index in [0.717, 1.165) is 26.3 Å². The monoisotopic (exact) mass is 216 g/mol. The molecule has 1 rings (SSSR count). The minimum absolute atomic E-state index is 0.113. The predicted molar refractivity (Wildman–Crippen MR) is 56.2 cm³/mol. The summed E-state index contributed by atoms with van der Waals surface area (Å²) in [7, 11) is 0. The van der Waals surface area contributed by atoms with Gasteiger partial charge in [0.05, 0.1) is 26.2 Å². The molecule has 0 amide bonds. The lowest BCUT2D eigenvalue weighted by Crippen LogP contribution is -2.49. The van der Waals surface area contributed by atoms with Gasteiger partial charge in [0.25, 0.3) is 0 Å². The Kier molecular flexibility index (Phi) is 5.60. The van der Waals surface area contributed by atoms with Gasteiger partial charge >= 0.3 is 5.97 Å². The number of nitrogens with zero attached hydrogens (tertiary/aromatic N) is 1. The Morgan fingerprint density at radius 1 is 1.53 bits per heavy atom. The third-order valence-corrected chi connectivity index (χ3v) is 2.19. The average molecular weight is 216 g/mol. The lowest BCUT2D eigenvalue weighted by molar-refractivity contribution is -0.144. The van der Waals surface area contributed by atoms with Crippen LogP contribution in [-0.4, -0.2) is 49.9 Å². The largest absolute Gasteiger partial charge is 0.466 e. The number of hydrazine groups is 1. The van der Waals surface area contributed by atoms with E-state index in [2.05, 4.69) is 10.4 Å². The highest BCUT2D eigenvalue weighted by molar-refractivity contribution is 5.69. The molecule has 0 aromatic heterocycles. The summed E-state index contributed by atoms with van der Waals surface area (Å²) in [4.78, 5) is 11.2. The maximum atomic E-state index is 11.2. The Morgan fingerprint density at radius 2 is 2.20 bits per heavy atom. The maximum Gasteiger partial charge on any atom is 0.307 e. The van der Waals surface area contributed by atoms with Gasteiger partial charge in [-0.15, -0.1) is 0 Å². The first kappa shape index (κ1) is 12.4. The van der Waals surface area contributed by atoms with E-state index in [9.17, 15) is 4.79 Å². The molecule has 1 saturated heterocycles. The first-order chi connectivity index (χ1) is 7.22. The van der Waals surface area contributed by atoms with Crippen LogP contribution in [0.4, 0.5) is 0 Å². The van der Waals surface area contributed by atoms with Crippen LogP contribution in [0.2, 0.25) is 0 Å². The van der Waals surface area contributed by atoms with Crippen molar-refractivity contribution in [3.05, 3.63) is 0 Å². The van der Waals surface area contributed by atoms with Crippen molar-refractivity contribution >= 4 is 5.97 Å². The summed E-state index contributed by atoms with van der Waals surface area (Å²) in [5.74, 6) is -0.147. The second kappa shape index (κ2) is 6.76. The Hall–Kier alpha value is -0.650. The van der Waals surface area contributed by atoms with Gasteiger partial charge in [0.1, 0.15) is 0 Å². The second-order valence-corrected chi connectivity index (χ2v) is 3.64. The van der Waals surface area contributed by atoms with Crippen LogP contribution in [0.15, 0.2) is 0 Å². The van der Waals surface area contributed by atoms with E-state index >= 15 is 0 Å². The van der Waals surface area contributed by atoms with Gasteiger partial charge in [0.15, 0.2) is 0 Å². The molecule has 5 heteroatoms. The number of ether oxygens (including phenoxy) is 2. The number of esters is 1. The molecule has 1 aliphatic heterocycles. The van der Waals surface area contributed by atoms with Crippen molar-refractivity contribution in [2.45, 2.75) is 26.3 Å². The van der Waals surface area contributed by atoms with Gasteiger partial charge < -0.3 is 9.47 Å². The minimum atomic E-state index is -0.147. The molecule has 0 spiro atoms. The van der Waals surface area contributed by atoms with Crippen molar-refractivity contribution in [3.8, 4) is 0 Å². The van der Waals surface area contributed by atoms with Crippen molar-refractivity contribution in [2.75, 3.05) is 32.9 Å². The van der Waals surface area contributed by atoms with Gasteiger partial charge in [-0.05, 0) is 13.8 Å². The maximum absolute atomic E-state index is 11.2. The normalized spacial score (nSPS) is 19.9. The van der Waals surface area contributed by atoms with Crippen LogP contribution in [0, 0.1) is 0 Å². The number of nitrogens with one attached hydrogen (secondary N) is 1. The minimum Gasteiger partial charge on any atom is -0.466 e. The topological polar surface area (TPSA) is 50.8 Å². The van der Waals surface area contributed by atoms with Gasteiger partial charge in [-0.1, -0.05) is 0 Å². The van der Waals surface area contributed by atoms with Crippen molar-refractivity contribution in [2.24, 2.45) is 0 Å². The number of hydrogen-bond donors (Lipinski definition) is 1. The number of morpholine rings is 1. The number of hydrogen-bond acceptors (Lipinski definition) is 5. The van der Waals surface area contributed by atoms with Crippen molar-refractivity contribution < 1.29 is 14.3 Å². The van der Waals surface area contributed by atoms with E-state index < -0.39 is 0 Å². The molecular weight excluding hydrogens is 196 g/mol. The molecule has 0 saturated carbocycles. The molecule has 1 N–H and O–H groups in total. The van der Waals surface area contributed by atoms with Crippen LogP contribution in [0.5, 0.6) is 0 Å². The molecule has 5 nitrogen and oxygen atoms in total. The highest BCUT2D eigenvalue weighted by Gasteiger charge is 2.15. The zero-order chi connectivity index (χ0) is 11.1. The highest BCUT2D eigenvalue weighted by Crippen LogP contribution is 1.98. The van der Waals surface area contributed by atoms with Crippen molar-refractivity contribution in [1.29, 1.82) is 0 Å². The summed E-state index contributed by atoms with van der Waals surface area (Å²) in [6, 6.07) is 0.113. The lowest BCUT2D eigenvalue weighted by Gasteiger charge is -2.29. The first-order valence-corrected chi connectivity index (χ1v) is 5.47. The molecule has 1 heterocycles. The molecule has 1 unspecified atom stereocenters. The molecule has 0 aromatic rings. The Bertz CT molecular complexity index is 193. The zero-order valence-corrected chi connectivity index (χ0v) is 9.49. The van der Waals surface area contributed by atoms with Gasteiger partial charge in [0, 0.05) is 19.1 Å². The van der Waals surface area contributed by atoms with Gasteiger partial charge in [-0.2, -0.15) is 0 Å². The van der Waals surface area contributed by atoms with Crippen LogP contribution in [0.3, 0.4) is 0 Å². The van der Waals surface area contributed by atoms with E-state index in [1.165, 1.54) is 0 Å². The van der Waals surface area contributed by atoms with E-state index in [-0.39, 0.29) is 12.0 Å². The molecule has 1 fully saturated rings. The van der Waals surface area contributed by atoms with Crippen molar-refractivity contribution in [3.63, 3.8) is 0 Å². The summed E-state index contributed by atoms with van der Waals surface area (Å²) in [5.41, 5.74) is 3.26. The van der Waals surface area contributed by atoms with Crippen molar-refractivity contribution in [1.82, 2.24) is 10.4 Å². The first-order valence-electron chi connectivity index (χ1n) is 5.47. The Labute approximate surface area is 90.7 Å². The summed E-state index contributed by atoms with van der Waals surface area (Å²) in [6.45, 7) is 7.48. The smallest absolute Gasteiger partial charge is 0.307 e. The summed E-state index contributed by atoms with van der Waals surface area (Å²) in [5, 5.41) is 2.09. The number of carbonyl (C=O) groups is 1. The van der Waals surface area contributed by atoms with Crippen LogP contribution in [-0.2, 0) is 14.3 Å². The van der Waals surface area contributed by atoms with E-state index in [1.54, 1.807) is 0 Å². The summed E-state index contributed by atoms with van der Waals surface area (Å²) in [6.07, 6.45) is 0.408. The van der Waals surface area contributed by atoms with E-state index in [1.807, 2.05) is 13.8 Å². The molecule has 0 aliphatic carbocycles.